The molecule has 3 aromatic carbocycles. The number of esters is 1. The third-order valence-corrected chi connectivity index (χ3v) is 7.42. The van der Waals surface area contributed by atoms with E-state index in [1.807, 2.05) is 45.0 Å². The van der Waals surface area contributed by atoms with Crippen LogP contribution in [-0.2, 0) is 9.47 Å². The molecule has 7 heteroatoms. The quantitative estimate of drug-likeness (QED) is 0.307. The predicted octanol–water partition coefficient (Wildman–Crippen LogP) is 5.83. The molecule has 2 aliphatic rings. The number of anilines is 1. The van der Waals surface area contributed by atoms with E-state index >= 15 is 0 Å². The van der Waals surface area contributed by atoms with Gasteiger partial charge in [0.05, 0.1) is 5.56 Å². The van der Waals surface area contributed by atoms with E-state index < -0.39 is 11.6 Å². The SMILES string of the molecule is Cc1c(C=O)cc(N2CCN(C(=O)OCC3c4ccccc4-c4ccccc43)CC2)cc1C(=O)OC(C)(C)C. The van der Waals surface area contributed by atoms with Crippen LogP contribution in [0.25, 0.3) is 11.1 Å². The average molecular weight is 527 g/mol. The summed E-state index contributed by atoms with van der Waals surface area (Å²) in [5.41, 5.74) is 6.30. The van der Waals surface area contributed by atoms with E-state index in [0.29, 0.717) is 42.9 Å². The Hall–Kier alpha value is -4.13. The van der Waals surface area contributed by atoms with Crippen molar-refractivity contribution in [2.75, 3.05) is 37.7 Å². The topological polar surface area (TPSA) is 76.2 Å². The van der Waals surface area contributed by atoms with E-state index in [0.717, 1.165) is 12.0 Å². The Morgan fingerprint density at radius 1 is 0.923 bits per heavy atom. The highest BCUT2D eigenvalue weighted by molar-refractivity contribution is 5.96. The zero-order valence-corrected chi connectivity index (χ0v) is 22.9. The Morgan fingerprint density at radius 2 is 1.51 bits per heavy atom. The maximum absolute atomic E-state index is 13.0. The van der Waals surface area contributed by atoms with Crippen LogP contribution in [0.3, 0.4) is 0 Å². The summed E-state index contributed by atoms with van der Waals surface area (Å²) in [7, 11) is 0. The molecule has 0 aromatic heterocycles. The molecular formula is C32H34N2O5. The number of amides is 1. The van der Waals surface area contributed by atoms with Crippen molar-refractivity contribution in [2.45, 2.75) is 39.2 Å². The van der Waals surface area contributed by atoms with E-state index in [1.54, 1.807) is 24.0 Å². The van der Waals surface area contributed by atoms with Gasteiger partial charge in [0.1, 0.15) is 18.5 Å². The summed E-state index contributed by atoms with van der Waals surface area (Å²) in [6.45, 7) is 9.53. The molecule has 39 heavy (non-hydrogen) atoms. The molecule has 1 heterocycles. The van der Waals surface area contributed by atoms with Crippen LogP contribution in [0.2, 0.25) is 0 Å². The minimum Gasteiger partial charge on any atom is -0.456 e. The lowest BCUT2D eigenvalue weighted by Gasteiger charge is -2.36. The number of benzene rings is 3. The first-order chi connectivity index (χ1) is 18.7. The number of fused-ring (bicyclic) bond motifs is 3. The highest BCUT2D eigenvalue weighted by Gasteiger charge is 2.31. The van der Waals surface area contributed by atoms with Crippen LogP contribution in [0.4, 0.5) is 10.5 Å². The number of rotatable bonds is 5. The van der Waals surface area contributed by atoms with Crippen molar-refractivity contribution in [3.63, 3.8) is 0 Å². The van der Waals surface area contributed by atoms with Gasteiger partial charge in [0.15, 0.2) is 0 Å². The third-order valence-electron chi connectivity index (χ3n) is 7.42. The van der Waals surface area contributed by atoms with Crippen LogP contribution in [0.5, 0.6) is 0 Å². The molecule has 7 nitrogen and oxygen atoms in total. The van der Waals surface area contributed by atoms with Crippen LogP contribution in [-0.4, -0.2) is 61.6 Å². The lowest BCUT2D eigenvalue weighted by molar-refractivity contribution is 0.00686. The molecule has 1 aliphatic carbocycles. The van der Waals surface area contributed by atoms with Gasteiger partial charge in [0.25, 0.3) is 0 Å². The van der Waals surface area contributed by atoms with Crippen LogP contribution < -0.4 is 4.90 Å². The Bertz CT molecular complexity index is 1370. The monoisotopic (exact) mass is 526 g/mol. The van der Waals surface area contributed by atoms with Crippen molar-refractivity contribution >= 4 is 24.0 Å². The molecule has 1 fully saturated rings. The molecule has 202 valence electrons. The second-order valence-electron chi connectivity index (χ2n) is 11.1. The van der Waals surface area contributed by atoms with Gasteiger partial charge in [-0.25, -0.2) is 9.59 Å². The number of aldehydes is 1. The Morgan fingerprint density at radius 3 is 2.08 bits per heavy atom. The molecule has 0 saturated carbocycles. The van der Waals surface area contributed by atoms with Gasteiger partial charge in [0.2, 0.25) is 0 Å². The summed E-state index contributed by atoms with van der Waals surface area (Å²) < 4.78 is 11.4. The molecule has 1 aliphatic heterocycles. The first-order valence-corrected chi connectivity index (χ1v) is 13.3. The molecule has 0 spiro atoms. The number of carbonyl (C=O) groups is 3. The normalized spacial score (nSPS) is 15.0. The summed E-state index contributed by atoms with van der Waals surface area (Å²) in [6, 6.07) is 20.1. The zero-order valence-electron chi connectivity index (χ0n) is 22.9. The molecule has 0 atom stereocenters. The molecule has 1 amide bonds. The predicted molar refractivity (Wildman–Crippen MR) is 151 cm³/mol. The number of nitrogens with zero attached hydrogens (tertiary/aromatic N) is 2. The van der Waals surface area contributed by atoms with Crippen molar-refractivity contribution in [1.29, 1.82) is 0 Å². The lowest BCUT2D eigenvalue weighted by Crippen LogP contribution is -2.49. The summed E-state index contributed by atoms with van der Waals surface area (Å²) in [5, 5.41) is 0. The van der Waals surface area contributed by atoms with Gasteiger partial charge in [-0.2, -0.15) is 0 Å². The van der Waals surface area contributed by atoms with Crippen LogP contribution in [0, 0.1) is 6.92 Å². The minimum absolute atomic E-state index is 0.0169. The average Bonchev–Trinajstić information content (AvgIpc) is 3.24. The maximum Gasteiger partial charge on any atom is 0.409 e. The van der Waals surface area contributed by atoms with Gasteiger partial charge in [-0.05, 0) is 67.6 Å². The third kappa shape index (κ3) is 5.39. The summed E-state index contributed by atoms with van der Waals surface area (Å²) in [5.74, 6) is -0.439. The van der Waals surface area contributed by atoms with Crippen LogP contribution in [0.15, 0.2) is 60.7 Å². The smallest absolute Gasteiger partial charge is 0.409 e. The number of piperazine rings is 1. The van der Waals surface area contributed by atoms with Gasteiger partial charge >= 0.3 is 12.1 Å². The van der Waals surface area contributed by atoms with Crippen molar-refractivity contribution in [3.8, 4) is 11.1 Å². The van der Waals surface area contributed by atoms with Gasteiger partial charge in [-0.3, -0.25) is 4.79 Å². The fourth-order valence-corrected chi connectivity index (χ4v) is 5.40. The molecule has 0 N–H and O–H groups in total. The lowest BCUT2D eigenvalue weighted by atomic mass is 9.98. The highest BCUT2D eigenvalue weighted by atomic mass is 16.6. The molecule has 0 unspecified atom stereocenters. The molecule has 3 aromatic rings. The second-order valence-corrected chi connectivity index (χ2v) is 11.1. The van der Waals surface area contributed by atoms with Gasteiger partial charge in [-0.15, -0.1) is 0 Å². The van der Waals surface area contributed by atoms with E-state index in [9.17, 15) is 14.4 Å². The molecule has 0 radical (unpaired) electrons. The van der Waals surface area contributed by atoms with E-state index in [2.05, 4.69) is 29.2 Å². The number of carbonyl (C=O) groups excluding carboxylic acids is 3. The van der Waals surface area contributed by atoms with Crippen molar-refractivity contribution < 1.29 is 23.9 Å². The minimum atomic E-state index is -0.643. The van der Waals surface area contributed by atoms with Crippen LogP contribution in [0.1, 0.15) is 64.1 Å². The van der Waals surface area contributed by atoms with E-state index in [4.69, 9.17) is 9.47 Å². The van der Waals surface area contributed by atoms with Gasteiger partial charge in [0, 0.05) is 43.3 Å². The van der Waals surface area contributed by atoms with E-state index in [1.165, 1.54) is 22.3 Å². The summed E-state index contributed by atoms with van der Waals surface area (Å²) >= 11 is 0. The standard InChI is InChI=1S/C32H34N2O5/c1-21-22(19-35)17-23(18-28(21)30(36)39-32(2,3)4)33-13-15-34(16-14-33)31(37)38-20-29-26-11-7-5-9-24(26)25-10-6-8-12-27(25)29/h5-12,17-19,29H,13-16,20H2,1-4H3. The van der Waals surface area contributed by atoms with Crippen molar-refractivity contribution in [2.24, 2.45) is 0 Å². The van der Waals surface area contributed by atoms with Gasteiger partial charge in [-0.1, -0.05) is 48.5 Å². The number of hydrogen-bond donors (Lipinski definition) is 0. The molecule has 5 rings (SSSR count). The molecule has 1 saturated heterocycles. The number of hydrogen-bond acceptors (Lipinski definition) is 6. The van der Waals surface area contributed by atoms with Crippen LogP contribution >= 0.6 is 0 Å². The van der Waals surface area contributed by atoms with Crippen molar-refractivity contribution in [1.82, 2.24) is 4.90 Å². The van der Waals surface area contributed by atoms with Gasteiger partial charge < -0.3 is 19.3 Å². The summed E-state index contributed by atoms with van der Waals surface area (Å²) in [4.78, 5) is 41.4. The Kier molecular flexibility index (Phi) is 7.17. The zero-order chi connectivity index (χ0) is 27.7. The van der Waals surface area contributed by atoms with E-state index in [-0.39, 0.29) is 18.6 Å². The second kappa shape index (κ2) is 10.6. The Balaban J connectivity index is 1.24. The number of ether oxygens (including phenoxy) is 2. The maximum atomic E-state index is 13.0. The fourth-order valence-electron chi connectivity index (χ4n) is 5.40. The molecular weight excluding hydrogens is 492 g/mol. The highest BCUT2D eigenvalue weighted by Crippen LogP contribution is 2.44. The summed E-state index contributed by atoms with van der Waals surface area (Å²) in [6.07, 6.45) is 0.433. The first-order valence-electron chi connectivity index (χ1n) is 13.3. The molecule has 0 bridgehead atoms. The first kappa shape index (κ1) is 26.5. The largest absolute Gasteiger partial charge is 0.456 e. The fraction of sp³-hybridized carbons (Fsp3) is 0.344. The Labute approximate surface area is 229 Å². The van der Waals surface area contributed by atoms with Crippen molar-refractivity contribution in [3.05, 3.63) is 88.5 Å².